The SMILES string of the molecule is Cc1cccc(-c2nc(Cl)nc(-n3cncn3)n2)c1. The van der Waals surface area contributed by atoms with E-state index in [2.05, 4.69) is 25.0 Å². The van der Waals surface area contributed by atoms with Crippen LogP contribution in [0.5, 0.6) is 0 Å². The molecule has 94 valence electrons. The predicted octanol–water partition coefficient (Wildman–Crippen LogP) is 2.08. The van der Waals surface area contributed by atoms with Crippen LogP contribution in [0.4, 0.5) is 0 Å². The maximum atomic E-state index is 5.93. The van der Waals surface area contributed by atoms with Crippen molar-refractivity contribution >= 4 is 11.6 Å². The van der Waals surface area contributed by atoms with Crippen LogP contribution in [-0.2, 0) is 0 Å². The molecule has 0 bridgehead atoms. The average Bonchev–Trinajstić information content (AvgIpc) is 2.92. The zero-order valence-electron chi connectivity index (χ0n) is 10.0. The van der Waals surface area contributed by atoms with Crippen molar-refractivity contribution in [3.8, 4) is 17.3 Å². The van der Waals surface area contributed by atoms with Gasteiger partial charge in [0, 0.05) is 5.56 Å². The van der Waals surface area contributed by atoms with Crippen LogP contribution in [0.25, 0.3) is 17.3 Å². The third kappa shape index (κ3) is 2.43. The van der Waals surface area contributed by atoms with Crippen LogP contribution in [0.1, 0.15) is 5.56 Å². The van der Waals surface area contributed by atoms with Crippen LogP contribution in [0, 0.1) is 6.92 Å². The molecule has 0 aliphatic rings. The number of hydrogen-bond donors (Lipinski definition) is 0. The Morgan fingerprint density at radius 3 is 2.79 bits per heavy atom. The van der Waals surface area contributed by atoms with E-state index in [-0.39, 0.29) is 5.28 Å². The lowest BCUT2D eigenvalue weighted by atomic mass is 10.1. The van der Waals surface area contributed by atoms with Crippen molar-refractivity contribution in [3.63, 3.8) is 0 Å². The Bertz CT molecular complexity index is 710. The molecule has 0 radical (unpaired) electrons. The summed E-state index contributed by atoms with van der Waals surface area (Å²) in [7, 11) is 0. The van der Waals surface area contributed by atoms with Gasteiger partial charge in [0.15, 0.2) is 5.82 Å². The maximum absolute atomic E-state index is 5.93. The number of aromatic nitrogens is 6. The first-order valence-electron chi connectivity index (χ1n) is 5.56. The van der Waals surface area contributed by atoms with Gasteiger partial charge in [-0.1, -0.05) is 23.8 Å². The fourth-order valence-electron chi connectivity index (χ4n) is 1.67. The normalized spacial score (nSPS) is 10.6. The van der Waals surface area contributed by atoms with Gasteiger partial charge in [-0.25, -0.2) is 4.98 Å². The van der Waals surface area contributed by atoms with Gasteiger partial charge in [-0.3, -0.25) is 0 Å². The number of halogens is 1. The molecule has 0 saturated carbocycles. The van der Waals surface area contributed by atoms with E-state index in [9.17, 15) is 0 Å². The summed E-state index contributed by atoms with van der Waals surface area (Å²) in [6.07, 6.45) is 2.91. The van der Waals surface area contributed by atoms with Crippen molar-refractivity contribution in [3.05, 3.63) is 47.8 Å². The second-order valence-electron chi connectivity index (χ2n) is 3.94. The summed E-state index contributed by atoms with van der Waals surface area (Å²) < 4.78 is 1.44. The molecule has 0 atom stereocenters. The van der Waals surface area contributed by atoms with Crippen molar-refractivity contribution in [2.75, 3.05) is 0 Å². The summed E-state index contributed by atoms with van der Waals surface area (Å²) in [4.78, 5) is 16.4. The van der Waals surface area contributed by atoms with Crippen molar-refractivity contribution in [2.45, 2.75) is 6.92 Å². The Kier molecular flexibility index (Phi) is 2.92. The predicted molar refractivity (Wildman–Crippen MR) is 69.9 cm³/mol. The molecule has 0 saturated heterocycles. The summed E-state index contributed by atoms with van der Waals surface area (Å²) in [5.41, 5.74) is 2.00. The van der Waals surface area contributed by atoms with Crippen LogP contribution < -0.4 is 0 Å². The quantitative estimate of drug-likeness (QED) is 0.714. The highest BCUT2D eigenvalue weighted by Gasteiger charge is 2.09. The van der Waals surface area contributed by atoms with Crippen LogP contribution in [-0.4, -0.2) is 29.7 Å². The van der Waals surface area contributed by atoms with Gasteiger partial charge in [0.05, 0.1) is 0 Å². The Morgan fingerprint density at radius 1 is 1.16 bits per heavy atom. The second kappa shape index (κ2) is 4.74. The van der Waals surface area contributed by atoms with E-state index >= 15 is 0 Å². The molecule has 19 heavy (non-hydrogen) atoms. The zero-order valence-corrected chi connectivity index (χ0v) is 10.8. The van der Waals surface area contributed by atoms with E-state index in [1.54, 1.807) is 0 Å². The van der Waals surface area contributed by atoms with Crippen molar-refractivity contribution in [2.24, 2.45) is 0 Å². The minimum Gasteiger partial charge on any atom is -0.223 e. The molecule has 0 amide bonds. The molecule has 0 aliphatic carbocycles. The first kappa shape index (κ1) is 11.7. The number of hydrogen-bond acceptors (Lipinski definition) is 5. The topological polar surface area (TPSA) is 69.4 Å². The Labute approximate surface area is 114 Å². The van der Waals surface area contributed by atoms with Gasteiger partial charge in [-0.05, 0) is 24.6 Å². The first-order chi connectivity index (χ1) is 9.22. The average molecular weight is 273 g/mol. The molecule has 3 rings (SSSR count). The lowest BCUT2D eigenvalue weighted by molar-refractivity contribution is 0.796. The van der Waals surface area contributed by atoms with Crippen molar-refractivity contribution < 1.29 is 0 Å². The molecule has 0 fully saturated rings. The van der Waals surface area contributed by atoms with E-state index in [4.69, 9.17) is 11.6 Å². The molecule has 7 heteroatoms. The van der Waals surface area contributed by atoms with Gasteiger partial charge in [0.25, 0.3) is 5.95 Å². The molecule has 1 aromatic carbocycles. The summed E-state index contributed by atoms with van der Waals surface area (Å²) in [5, 5.41) is 4.10. The Hall–Kier alpha value is -2.34. The highest BCUT2D eigenvalue weighted by Crippen LogP contribution is 2.18. The molecular formula is C12H9ClN6. The van der Waals surface area contributed by atoms with Crippen LogP contribution in [0.15, 0.2) is 36.9 Å². The van der Waals surface area contributed by atoms with E-state index < -0.39 is 0 Å². The van der Waals surface area contributed by atoms with Gasteiger partial charge >= 0.3 is 0 Å². The van der Waals surface area contributed by atoms with E-state index in [0.29, 0.717) is 11.8 Å². The molecule has 0 unspecified atom stereocenters. The minimum atomic E-state index is 0.122. The van der Waals surface area contributed by atoms with Gasteiger partial charge in [-0.15, -0.1) is 0 Å². The molecular weight excluding hydrogens is 264 g/mol. The number of rotatable bonds is 2. The maximum Gasteiger partial charge on any atom is 0.256 e. The summed E-state index contributed by atoms with van der Waals surface area (Å²) in [6.45, 7) is 2.00. The van der Waals surface area contributed by atoms with E-state index in [1.165, 1.54) is 17.3 Å². The largest absolute Gasteiger partial charge is 0.256 e. The first-order valence-corrected chi connectivity index (χ1v) is 5.94. The van der Waals surface area contributed by atoms with Gasteiger partial charge in [-0.2, -0.15) is 24.7 Å². The van der Waals surface area contributed by atoms with Gasteiger partial charge in [0.1, 0.15) is 12.7 Å². The molecule has 0 spiro atoms. The monoisotopic (exact) mass is 272 g/mol. The lowest BCUT2D eigenvalue weighted by Gasteiger charge is -2.04. The third-order valence-corrected chi connectivity index (χ3v) is 2.67. The molecule has 2 heterocycles. The van der Waals surface area contributed by atoms with Gasteiger partial charge < -0.3 is 0 Å². The zero-order chi connectivity index (χ0) is 13.2. The highest BCUT2D eigenvalue weighted by atomic mass is 35.5. The third-order valence-electron chi connectivity index (χ3n) is 2.50. The molecule has 0 N–H and O–H groups in total. The van der Waals surface area contributed by atoms with E-state index in [0.717, 1.165) is 11.1 Å². The number of benzene rings is 1. The summed E-state index contributed by atoms with van der Waals surface area (Å²) in [6, 6.07) is 7.85. The highest BCUT2D eigenvalue weighted by molar-refractivity contribution is 6.28. The van der Waals surface area contributed by atoms with Crippen LogP contribution in [0.2, 0.25) is 5.28 Å². The van der Waals surface area contributed by atoms with Crippen LogP contribution >= 0.6 is 11.6 Å². The summed E-state index contributed by atoms with van der Waals surface area (Å²) in [5.74, 6) is 0.850. The summed E-state index contributed by atoms with van der Waals surface area (Å²) >= 11 is 5.93. The second-order valence-corrected chi connectivity index (χ2v) is 4.28. The fraction of sp³-hybridized carbons (Fsp3) is 0.0833. The molecule has 2 aromatic heterocycles. The minimum absolute atomic E-state index is 0.122. The van der Waals surface area contributed by atoms with E-state index in [1.807, 2.05) is 31.2 Å². The number of aryl methyl sites for hydroxylation is 1. The van der Waals surface area contributed by atoms with Crippen molar-refractivity contribution in [1.29, 1.82) is 0 Å². The van der Waals surface area contributed by atoms with Gasteiger partial charge in [0.2, 0.25) is 5.28 Å². The fourth-order valence-corrected chi connectivity index (χ4v) is 1.82. The molecule has 6 nitrogen and oxygen atoms in total. The molecule has 3 aromatic rings. The molecule has 0 aliphatic heterocycles. The lowest BCUT2D eigenvalue weighted by Crippen LogP contribution is -2.05. The number of nitrogens with zero attached hydrogens (tertiary/aromatic N) is 6. The van der Waals surface area contributed by atoms with Crippen LogP contribution in [0.3, 0.4) is 0 Å². The smallest absolute Gasteiger partial charge is 0.223 e. The standard InChI is InChI=1S/C12H9ClN6/c1-8-3-2-4-9(5-8)10-16-11(13)18-12(17-10)19-7-14-6-15-19/h2-7H,1H3. The Morgan fingerprint density at radius 2 is 2.05 bits per heavy atom. The Balaban J connectivity index is 2.12. The van der Waals surface area contributed by atoms with Crippen molar-refractivity contribution in [1.82, 2.24) is 29.7 Å².